The molecule has 0 aromatic carbocycles. The topological polar surface area (TPSA) is 3.24 Å². The fourth-order valence-corrected chi connectivity index (χ4v) is 3.45. The van der Waals surface area contributed by atoms with Crippen molar-refractivity contribution in [2.24, 2.45) is 17.8 Å². The third-order valence-corrected chi connectivity index (χ3v) is 4.36. The summed E-state index contributed by atoms with van der Waals surface area (Å²) in [6.45, 7) is 13.6. The monoisotopic (exact) mass is 233 g/mol. The van der Waals surface area contributed by atoms with Crippen LogP contribution >= 0.6 is 0 Å². The second-order valence-corrected chi connectivity index (χ2v) is 6.36. The van der Waals surface area contributed by atoms with E-state index in [1.807, 2.05) is 0 Å². The quantitative estimate of drug-likeness (QED) is 0.645. The largest absolute Gasteiger partial charge is 0.375 e. The smallest absolute Gasteiger partial charge is 0.0200 e. The maximum absolute atomic E-state index is 4.10. The molecule has 1 saturated heterocycles. The zero-order valence-corrected chi connectivity index (χ0v) is 11.7. The molecular formula is C16H27N. The lowest BCUT2D eigenvalue weighted by atomic mass is 9.85. The van der Waals surface area contributed by atoms with Crippen LogP contribution in [0.25, 0.3) is 0 Å². The maximum atomic E-state index is 4.10. The zero-order valence-electron chi connectivity index (χ0n) is 11.7. The summed E-state index contributed by atoms with van der Waals surface area (Å²) in [4.78, 5) is 2.65. The van der Waals surface area contributed by atoms with Crippen molar-refractivity contribution in [2.75, 3.05) is 13.1 Å². The van der Waals surface area contributed by atoms with Gasteiger partial charge in [0, 0.05) is 18.8 Å². The first-order valence-corrected chi connectivity index (χ1v) is 7.15. The lowest BCUT2D eigenvalue weighted by Crippen LogP contribution is -2.38. The molecule has 0 aromatic rings. The lowest BCUT2D eigenvalue weighted by molar-refractivity contribution is 0.168. The van der Waals surface area contributed by atoms with Gasteiger partial charge in [0.05, 0.1) is 0 Å². The molecule has 0 N–H and O–H groups in total. The summed E-state index contributed by atoms with van der Waals surface area (Å²) in [5.41, 5.74) is 2.97. The van der Waals surface area contributed by atoms with Gasteiger partial charge in [0.15, 0.2) is 0 Å². The van der Waals surface area contributed by atoms with Gasteiger partial charge >= 0.3 is 0 Å². The third kappa shape index (κ3) is 3.14. The van der Waals surface area contributed by atoms with E-state index >= 15 is 0 Å². The molecule has 1 aliphatic carbocycles. The van der Waals surface area contributed by atoms with Crippen molar-refractivity contribution in [3.63, 3.8) is 0 Å². The van der Waals surface area contributed by atoms with Crippen LogP contribution in [0.1, 0.15) is 46.5 Å². The second kappa shape index (κ2) is 5.29. The minimum Gasteiger partial charge on any atom is -0.375 e. The number of nitrogens with zero attached hydrogens (tertiary/aromatic N) is 1. The number of rotatable bonds is 2. The van der Waals surface area contributed by atoms with Crippen LogP contribution in [0.4, 0.5) is 0 Å². The summed E-state index contributed by atoms with van der Waals surface area (Å²) in [6.07, 6.45) is 7.66. The average molecular weight is 233 g/mol. The van der Waals surface area contributed by atoms with Crippen molar-refractivity contribution in [3.8, 4) is 0 Å². The fraction of sp³-hybridized carbons (Fsp3) is 0.750. The SMILES string of the molecule is C=C(C)[C@H]1CC=C(N2CC(C)CC(C)C2)CC1. The van der Waals surface area contributed by atoms with E-state index < -0.39 is 0 Å². The van der Waals surface area contributed by atoms with E-state index in [0.29, 0.717) is 0 Å². The predicted molar refractivity (Wildman–Crippen MR) is 74.8 cm³/mol. The van der Waals surface area contributed by atoms with Gasteiger partial charge in [0.25, 0.3) is 0 Å². The summed E-state index contributed by atoms with van der Waals surface area (Å²) in [7, 11) is 0. The first kappa shape index (κ1) is 12.7. The van der Waals surface area contributed by atoms with Crippen LogP contribution in [0, 0.1) is 17.8 Å². The number of allylic oxidation sites excluding steroid dienone is 3. The molecule has 1 nitrogen and oxygen atoms in total. The lowest BCUT2D eigenvalue weighted by Gasteiger charge is -2.40. The van der Waals surface area contributed by atoms with Gasteiger partial charge in [0.1, 0.15) is 0 Å². The van der Waals surface area contributed by atoms with Gasteiger partial charge in [-0.05, 0) is 50.4 Å². The first-order chi connectivity index (χ1) is 8.06. The van der Waals surface area contributed by atoms with Crippen LogP contribution in [0.2, 0.25) is 0 Å². The second-order valence-electron chi connectivity index (χ2n) is 6.36. The minimum atomic E-state index is 0.735. The Hall–Kier alpha value is -0.720. The molecular weight excluding hydrogens is 206 g/mol. The highest BCUT2D eigenvalue weighted by molar-refractivity contribution is 5.12. The van der Waals surface area contributed by atoms with E-state index in [-0.39, 0.29) is 0 Å². The van der Waals surface area contributed by atoms with Crippen LogP contribution < -0.4 is 0 Å². The molecule has 2 unspecified atom stereocenters. The van der Waals surface area contributed by atoms with Crippen molar-refractivity contribution in [1.82, 2.24) is 4.90 Å². The summed E-state index contributed by atoms with van der Waals surface area (Å²) in [6, 6.07) is 0. The molecule has 1 aliphatic heterocycles. The Kier molecular flexibility index (Phi) is 3.96. The highest BCUT2D eigenvalue weighted by Crippen LogP contribution is 2.32. The average Bonchev–Trinajstić information content (AvgIpc) is 2.28. The Bertz CT molecular complexity index is 305. The molecule has 0 radical (unpaired) electrons. The Labute approximate surface area is 107 Å². The normalized spacial score (nSPS) is 34.4. The van der Waals surface area contributed by atoms with Gasteiger partial charge < -0.3 is 4.90 Å². The van der Waals surface area contributed by atoms with E-state index in [9.17, 15) is 0 Å². The Morgan fingerprint density at radius 3 is 2.41 bits per heavy atom. The Balaban J connectivity index is 1.97. The Morgan fingerprint density at radius 2 is 1.94 bits per heavy atom. The van der Waals surface area contributed by atoms with E-state index in [0.717, 1.165) is 17.8 Å². The molecule has 0 spiro atoms. The molecule has 96 valence electrons. The standard InChI is InChI=1S/C16H27N/c1-12(2)15-5-7-16(8-6-15)17-10-13(3)9-14(4)11-17/h7,13-15H,1,5-6,8-11H2,2-4H3/t13?,14?,15-/m0/s1. The van der Waals surface area contributed by atoms with Crippen molar-refractivity contribution in [1.29, 1.82) is 0 Å². The van der Waals surface area contributed by atoms with E-state index in [2.05, 4.69) is 38.3 Å². The third-order valence-electron chi connectivity index (χ3n) is 4.36. The van der Waals surface area contributed by atoms with E-state index in [1.54, 1.807) is 5.70 Å². The van der Waals surface area contributed by atoms with Crippen molar-refractivity contribution in [3.05, 3.63) is 23.9 Å². The summed E-state index contributed by atoms with van der Waals surface area (Å²) < 4.78 is 0. The van der Waals surface area contributed by atoms with Crippen LogP contribution in [-0.2, 0) is 0 Å². The maximum Gasteiger partial charge on any atom is 0.0200 e. The van der Waals surface area contributed by atoms with E-state index in [4.69, 9.17) is 0 Å². The number of hydrogen-bond donors (Lipinski definition) is 0. The van der Waals surface area contributed by atoms with Crippen LogP contribution in [0.3, 0.4) is 0 Å². The molecule has 0 amide bonds. The van der Waals surface area contributed by atoms with Gasteiger partial charge in [-0.3, -0.25) is 0 Å². The molecule has 1 fully saturated rings. The molecule has 0 saturated carbocycles. The van der Waals surface area contributed by atoms with Crippen molar-refractivity contribution in [2.45, 2.75) is 46.5 Å². The highest BCUT2D eigenvalue weighted by atomic mass is 15.1. The van der Waals surface area contributed by atoms with Gasteiger partial charge in [-0.1, -0.05) is 32.1 Å². The summed E-state index contributed by atoms with van der Waals surface area (Å²) in [5.74, 6) is 2.45. The minimum absolute atomic E-state index is 0.735. The number of likely N-dealkylation sites (tertiary alicyclic amines) is 1. The van der Waals surface area contributed by atoms with Crippen LogP contribution in [0.15, 0.2) is 23.9 Å². The number of piperidine rings is 1. The van der Waals surface area contributed by atoms with E-state index in [1.165, 1.54) is 44.3 Å². The van der Waals surface area contributed by atoms with Gasteiger partial charge in [-0.25, -0.2) is 0 Å². The molecule has 1 heteroatoms. The van der Waals surface area contributed by atoms with Crippen LogP contribution in [-0.4, -0.2) is 18.0 Å². The van der Waals surface area contributed by atoms with Crippen LogP contribution in [0.5, 0.6) is 0 Å². The Morgan fingerprint density at radius 1 is 1.29 bits per heavy atom. The van der Waals surface area contributed by atoms with Crippen molar-refractivity contribution >= 4 is 0 Å². The molecule has 0 bridgehead atoms. The molecule has 0 aromatic heterocycles. The van der Waals surface area contributed by atoms with Gasteiger partial charge in [0.2, 0.25) is 0 Å². The van der Waals surface area contributed by atoms with Gasteiger partial charge in [-0.15, -0.1) is 0 Å². The first-order valence-electron chi connectivity index (χ1n) is 7.15. The molecule has 2 aliphatic rings. The van der Waals surface area contributed by atoms with Gasteiger partial charge in [-0.2, -0.15) is 0 Å². The zero-order chi connectivity index (χ0) is 12.4. The van der Waals surface area contributed by atoms with Crippen molar-refractivity contribution < 1.29 is 0 Å². The summed E-state index contributed by atoms with van der Waals surface area (Å²) >= 11 is 0. The fourth-order valence-electron chi connectivity index (χ4n) is 3.45. The predicted octanol–water partition coefficient (Wildman–Crippen LogP) is 4.22. The summed E-state index contributed by atoms with van der Waals surface area (Å²) in [5, 5.41) is 0. The molecule has 17 heavy (non-hydrogen) atoms. The molecule has 3 atom stereocenters. The molecule has 2 rings (SSSR count). The highest BCUT2D eigenvalue weighted by Gasteiger charge is 2.25. The number of hydrogen-bond acceptors (Lipinski definition) is 1. The molecule has 1 heterocycles.